The summed E-state index contributed by atoms with van der Waals surface area (Å²) in [6.45, 7) is 2.73. The Morgan fingerprint density at radius 2 is 2.11 bits per heavy atom. The quantitative estimate of drug-likeness (QED) is 0.843. The maximum Gasteiger partial charge on any atom is 0.122 e. The van der Waals surface area contributed by atoms with E-state index in [0.29, 0.717) is 5.69 Å². The van der Waals surface area contributed by atoms with Crippen molar-refractivity contribution in [2.24, 2.45) is 0 Å². The van der Waals surface area contributed by atoms with Crippen molar-refractivity contribution in [3.05, 3.63) is 41.9 Å². The Morgan fingerprint density at radius 3 is 2.72 bits per heavy atom. The first-order valence-corrected chi connectivity index (χ1v) is 5.79. The molecule has 0 fully saturated rings. The van der Waals surface area contributed by atoms with Crippen LogP contribution in [0.3, 0.4) is 0 Å². The summed E-state index contributed by atoms with van der Waals surface area (Å²) in [4.78, 5) is 2.11. The minimum Gasteiger partial charge on any atom is -0.497 e. The molecule has 0 aliphatic carbocycles. The van der Waals surface area contributed by atoms with E-state index >= 15 is 0 Å². The maximum atomic E-state index is 5.85. The third-order valence-corrected chi connectivity index (χ3v) is 2.96. The van der Waals surface area contributed by atoms with E-state index in [1.165, 1.54) is 5.56 Å². The summed E-state index contributed by atoms with van der Waals surface area (Å²) in [6, 6.07) is 7.68. The van der Waals surface area contributed by atoms with Crippen LogP contribution in [0.25, 0.3) is 0 Å². The summed E-state index contributed by atoms with van der Waals surface area (Å²) >= 11 is 0. The van der Waals surface area contributed by atoms with E-state index in [-0.39, 0.29) is 0 Å². The highest BCUT2D eigenvalue weighted by Gasteiger charge is 2.08. The number of furan rings is 1. The molecule has 1 aromatic heterocycles. The molecule has 0 aliphatic rings. The number of hydrogen-bond acceptors (Lipinski definition) is 4. The van der Waals surface area contributed by atoms with Crippen LogP contribution in [0.15, 0.2) is 34.9 Å². The molecule has 2 rings (SSSR count). The van der Waals surface area contributed by atoms with Crippen LogP contribution in [-0.4, -0.2) is 14.2 Å². The van der Waals surface area contributed by atoms with E-state index in [0.717, 1.165) is 23.7 Å². The summed E-state index contributed by atoms with van der Waals surface area (Å²) < 4.78 is 10.5. The molecule has 1 aromatic carbocycles. The second kappa shape index (κ2) is 5.04. The average molecular weight is 246 g/mol. The second-order valence-corrected chi connectivity index (χ2v) is 4.32. The number of benzene rings is 1. The number of nitrogens with two attached hydrogens (primary N) is 1. The molecule has 0 amide bonds. The van der Waals surface area contributed by atoms with Gasteiger partial charge in [0.25, 0.3) is 0 Å². The average Bonchev–Trinajstić information content (AvgIpc) is 2.74. The van der Waals surface area contributed by atoms with Crippen molar-refractivity contribution in [2.45, 2.75) is 13.5 Å². The number of hydrogen-bond donors (Lipinski definition) is 1. The third kappa shape index (κ3) is 2.59. The molecule has 0 saturated carbocycles. The fraction of sp³-hybridized carbons (Fsp3) is 0.286. The highest BCUT2D eigenvalue weighted by Crippen LogP contribution is 2.26. The fourth-order valence-corrected chi connectivity index (χ4v) is 1.87. The van der Waals surface area contributed by atoms with Gasteiger partial charge in [-0.25, -0.2) is 0 Å². The third-order valence-electron chi connectivity index (χ3n) is 2.96. The van der Waals surface area contributed by atoms with Gasteiger partial charge in [0.2, 0.25) is 0 Å². The molecular weight excluding hydrogens is 228 g/mol. The van der Waals surface area contributed by atoms with Gasteiger partial charge in [-0.05, 0) is 19.1 Å². The van der Waals surface area contributed by atoms with Crippen molar-refractivity contribution in [1.29, 1.82) is 0 Å². The van der Waals surface area contributed by atoms with Gasteiger partial charge < -0.3 is 19.8 Å². The van der Waals surface area contributed by atoms with Gasteiger partial charge in [-0.3, -0.25) is 0 Å². The zero-order valence-electron chi connectivity index (χ0n) is 10.9. The maximum absolute atomic E-state index is 5.85. The highest BCUT2D eigenvalue weighted by molar-refractivity contribution is 5.60. The Morgan fingerprint density at radius 1 is 1.33 bits per heavy atom. The summed E-state index contributed by atoms with van der Waals surface area (Å²) in [6.07, 6.45) is 1.71. The van der Waals surface area contributed by atoms with E-state index in [1.807, 2.05) is 32.2 Å². The van der Waals surface area contributed by atoms with Gasteiger partial charge in [-0.1, -0.05) is 0 Å². The van der Waals surface area contributed by atoms with Crippen LogP contribution >= 0.6 is 0 Å². The van der Waals surface area contributed by atoms with Crippen LogP contribution in [0.2, 0.25) is 0 Å². The summed E-state index contributed by atoms with van der Waals surface area (Å²) in [5, 5.41) is 0. The molecule has 18 heavy (non-hydrogen) atoms. The topological polar surface area (TPSA) is 51.6 Å². The van der Waals surface area contributed by atoms with Gasteiger partial charge >= 0.3 is 0 Å². The van der Waals surface area contributed by atoms with Gasteiger partial charge in [0, 0.05) is 42.7 Å². The first-order chi connectivity index (χ1) is 8.60. The number of aryl methyl sites for hydroxylation is 1. The van der Waals surface area contributed by atoms with E-state index in [9.17, 15) is 0 Å². The summed E-state index contributed by atoms with van der Waals surface area (Å²) in [7, 11) is 3.65. The SMILES string of the molecule is COc1cc(N)cc(N(C)Cc2ccoc2C)c1. The van der Waals surface area contributed by atoms with Crippen molar-refractivity contribution in [3.8, 4) is 5.75 Å². The van der Waals surface area contributed by atoms with Gasteiger partial charge in [0.05, 0.1) is 13.4 Å². The number of nitrogens with zero attached hydrogens (tertiary/aromatic N) is 1. The molecule has 1 heterocycles. The lowest BCUT2D eigenvalue weighted by Crippen LogP contribution is -2.16. The minimum absolute atomic E-state index is 0.695. The standard InChI is InChI=1S/C14H18N2O2/c1-10-11(4-5-18-10)9-16(2)13-6-12(15)7-14(8-13)17-3/h4-8H,9,15H2,1-3H3. The monoisotopic (exact) mass is 246 g/mol. The predicted octanol–water partition coefficient (Wildman–Crippen LogP) is 2.82. The second-order valence-electron chi connectivity index (χ2n) is 4.32. The molecule has 0 saturated heterocycles. The van der Waals surface area contributed by atoms with Crippen molar-refractivity contribution < 1.29 is 9.15 Å². The van der Waals surface area contributed by atoms with Crippen molar-refractivity contribution in [2.75, 3.05) is 24.8 Å². The zero-order chi connectivity index (χ0) is 13.1. The Kier molecular flexibility index (Phi) is 3.46. The Labute approximate surface area is 107 Å². The highest BCUT2D eigenvalue weighted by atomic mass is 16.5. The smallest absolute Gasteiger partial charge is 0.122 e. The number of nitrogen functional groups attached to an aromatic ring is 1. The largest absolute Gasteiger partial charge is 0.497 e. The molecule has 0 spiro atoms. The van der Waals surface area contributed by atoms with Crippen LogP contribution in [0.4, 0.5) is 11.4 Å². The first kappa shape index (κ1) is 12.4. The lowest BCUT2D eigenvalue weighted by molar-refractivity contribution is 0.415. The van der Waals surface area contributed by atoms with Crippen LogP contribution in [0, 0.1) is 6.92 Å². The van der Waals surface area contributed by atoms with E-state index in [4.69, 9.17) is 14.9 Å². The Hall–Kier alpha value is -2.10. The number of rotatable bonds is 4. The lowest BCUT2D eigenvalue weighted by atomic mass is 10.2. The Balaban J connectivity index is 2.20. The normalized spacial score (nSPS) is 10.4. The molecule has 4 nitrogen and oxygen atoms in total. The van der Waals surface area contributed by atoms with Gasteiger partial charge in [-0.2, -0.15) is 0 Å². The van der Waals surface area contributed by atoms with Crippen LogP contribution in [0.5, 0.6) is 5.75 Å². The number of anilines is 2. The summed E-state index contributed by atoms with van der Waals surface area (Å²) in [5.41, 5.74) is 8.73. The molecule has 4 heteroatoms. The van der Waals surface area contributed by atoms with Crippen molar-refractivity contribution in [1.82, 2.24) is 0 Å². The molecule has 0 aliphatic heterocycles. The molecule has 2 aromatic rings. The van der Waals surface area contributed by atoms with Crippen LogP contribution < -0.4 is 15.4 Å². The van der Waals surface area contributed by atoms with Crippen LogP contribution in [0.1, 0.15) is 11.3 Å². The molecule has 2 N–H and O–H groups in total. The van der Waals surface area contributed by atoms with Gasteiger partial charge in [0.15, 0.2) is 0 Å². The number of ether oxygens (including phenoxy) is 1. The van der Waals surface area contributed by atoms with E-state index < -0.39 is 0 Å². The molecule has 96 valence electrons. The van der Waals surface area contributed by atoms with Crippen LogP contribution in [-0.2, 0) is 6.54 Å². The molecule has 0 radical (unpaired) electrons. The lowest BCUT2D eigenvalue weighted by Gasteiger charge is -2.20. The summed E-state index contributed by atoms with van der Waals surface area (Å²) in [5.74, 6) is 1.71. The van der Waals surface area contributed by atoms with E-state index in [1.54, 1.807) is 19.4 Å². The minimum atomic E-state index is 0.695. The van der Waals surface area contributed by atoms with Crippen molar-refractivity contribution >= 4 is 11.4 Å². The fourth-order valence-electron chi connectivity index (χ4n) is 1.87. The molecular formula is C14H18N2O2. The molecule has 0 unspecified atom stereocenters. The first-order valence-electron chi connectivity index (χ1n) is 5.79. The molecule has 0 atom stereocenters. The predicted molar refractivity (Wildman–Crippen MR) is 73.0 cm³/mol. The number of methoxy groups -OCH3 is 1. The van der Waals surface area contributed by atoms with Gasteiger partial charge in [0.1, 0.15) is 11.5 Å². The van der Waals surface area contributed by atoms with E-state index in [2.05, 4.69) is 4.90 Å². The molecule has 0 bridgehead atoms. The van der Waals surface area contributed by atoms with Crippen molar-refractivity contribution in [3.63, 3.8) is 0 Å². The zero-order valence-corrected chi connectivity index (χ0v) is 10.9. The Bertz CT molecular complexity index is 534. The van der Waals surface area contributed by atoms with Gasteiger partial charge in [-0.15, -0.1) is 0 Å².